The van der Waals surface area contributed by atoms with Crippen molar-refractivity contribution in [3.05, 3.63) is 53.2 Å². The lowest BCUT2D eigenvalue weighted by Gasteiger charge is -2.33. The Morgan fingerprint density at radius 3 is 2.88 bits per heavy atom. The first-order valence-electron chi connectivity index (χ1n) is 9.81. The number of carbonyl (C=O) groups is 1. The Morgan fingerprint density at radius 2 is 2.19 bits per heavy atom. The molecule has 1 aromatic carbocycles. The van der Waals surface area contributed by atoms with Crippen LogP contribution >= 0.6 is 0 Å². The lowest BCUT2D eigenvalue weighted by molar-refractivity contribution is 0.0176. The fraction of sp³-hybridized carbons (Fsp3) is 0.364. The molecule has 2 heterocycles. The molecule has 10 heteroatoms. The number of aliphatic imine (C=N–C) groups is 1. The maximum atomic E-state index is 14.7. The SMILES string of the molecule is CC#CCOc1cnc(C(=O)Cc2ccc(F)c([C@@]3(C(F)F)N=C(N)O[C@@H]4C[C@@H]43)c2)cn1. The summed E-state index contributed by atoms with van der Waals surface area (Å²) < 4.78 is 53.6. The van der Waals surface area contributed by atoms with Gasteiger partial charge >= 0.3 is 0 Å². The van der Waals surface area contributed by atoms with Crippen molar-refractivity contribution in [3.63, 3.8) is 0 Å². The van der Waals surface area contributed by atoms with E-state index in [0.29, 0.717) is 12.0 Å². The molecule has 1 aromatic heterocycles. The lowest BCUT2D eigenvalue weighted by atomic mass is 9.83. The molecular formula is C22H19F3N4O3. The third-order valence-electron chi connectivity index (χ3n) is 5.41. The molecule has 32 heavy (non-hydrogen) atoms. The van der Waals surface area contributed by atoms with Gasteiger partial charge in [-0.2, -0.15) is 0 Å². The number of Topliss-reactive ketones (excluding diaryl/α,β-unsaturated/α-hetero) is 1. The highest BCUT2D eigenvalue weighted by Crippen LogP contribution is 2.56. The predicted molar refractivity (Wildman–Crippen MR) is 108 cm³/mol. The fourth-order valence-corrected chi connectivity index (χ4v) is 3.78. The van der Waals surface area contributed by atoms with Gasteiger partial charge in [-0.3, -0.25) is 4.79 Å². The molecule has 1 fully saturated rings. The summed E-state index contributed by atoms with van der Waals surface area (Å²) in [5.41, 5.74) is 3.53. The molecule has 1 aliphatic heterocycles. The Kier molecular flexibility index (Phi) is 5.74. The second-order valence-electron chi connectivity index (χ2n) is 7.44. The number of hydrogen-bond acceptors (Lipinski definition) is 7. The first-order chi connectivity index (χ1) is 15.3. The van der Waals surface area contributed by atoms with Gasteiger partial charge in [0.2, 0.25) is 5.88 Å². The van der Waals surface area contributed by atoms with E-state index in [4.69, 9.17) is 15.2 Å². The van der Waals surface area contributed by atoms with Gasteiger partial charge in [0.05, 0.1) is 12.4 Å². The van der Waals surface area contributed by atoms with Crippen molar-refractivity contribution in [1.29, 1.82) is 0 Å². The predicted octanol–water partition coefficient (Wildman–Crippen LogP) is 2.64. The smallest absolute Gasteiger partial charge is 0.283 e. The van der Waals surface area contributed by atoms with Crippen LogP contribution in [0, 0.1) is 23.6 Å². The number of rotatable bonds is 7. The lowest BCUT2D eigenvalue weighted by Crippen LogP contribution is -2.43. The summed E-state index contributed by atoms with van der Waals surface area (Å²) in [6.07, 6.45) is -0.876. The second kappa shape index (κ2) is 8.49. The number of hydrogen-bond donors (Lipinski definition) is 1. The molecule has 0 spiro atoms. The molecule has 3 atom stereocenters. The molecular weight excluding hydrogens is 425 g/mol. The minimum Gasteiger partial charge on any atom is -0.463 e. The first kappa shape index (κ1) is 21.6. The summed E-state index contributed by atoms with van der Waals surface area (Å²) in [7, 11) is 0. The molecule has 7 nitrogen and oxygen atoms in total. The van der Waals surface area contributed by atoms with Crippen molar-refractivity contribution < 1.29 is 27.4 Å². The van der Waals surface area contributed by atoms with Crippen LogP contribution in [0.5, 0.6) is 5.88 Å². The van der Waals surface area contributed by atoms with Gasteiger partial charge in [-0.25, -0.2) is 28.1 Å². The number of amidine groups is 1. The van der Waals surface area contributed by atoms with E-state index >= 15 is 0 Å². The quantitative estimate of drug-likeness (QED) is 0.521. The largest absolute Gasteiger partial charge is 0.463 e. The Balaban J connectivity index is 1.57. The molecule has 0 amide bonds. The van der Waals surface area contributed by atoms with Gasteiger partial charge in [-0.15, -0.1) is 5.92 Å². The molecule has 0 radical (unpaired) electrons. The van der Waals surface area contributed by atoms with Crippen LogP contribution in [0.2, 0.25) is 0 Å². The van der Waals surface area contributed by atoms with Crippen LogP contribution in [0.1, 0.15) is 35.0 Å². The summed E-state index contributed by atoms with van der Waals surface area (Å²) in [4.78, 5) is 24.5. The third-order valence-corrected chi connectivity index (χ3v) is 5.41. The molecule has 1 aliphatic carbocycles. The summed E-state index contributed by atoms with van der Waals surface area (Å²) in [6.45, 7) is 1.82. The van der Waals surface area contributed by atoms with Crippen molar-refractivity contribution in [2.24, 2.45) is 16.6 Å². The highest BCUT2D eigenvalue weighted by Gasteiger charge is 2.64. The number of halogens is 3. The van der Waals surface area contributed by atoms with Gasteiger partial charge in [0.15, 0.2) is 17.9 Å². The monoisotopic (exact) mass is 444 g/mol. The zero-order chi connectivity index (χ0) is 22.9. The van der Waals surface area contributed by atoms with E-state index in [0.717, 1.165) is 6.07 Å². The molecule has 2 N–H and O–H groups in total. The van der Waals surface area contributed by atoms with Crippen molar-refractivity contribution in [2.45, 2.75) is 37.8 Å². The van der Waals surface area contributed by atoms with Crippen LogP contribution in [0.25, 0.3) is 0 Å². The minimum absolute atomic E-state index is 0.0592. The number of ketones is 1. The fourth-order valence-electron chi connectivity index (χ4n) is 3.78. The highest BCUT2D eigenvalue weighted by molar-refractivity contribution is 5.95. The first-order valence-corrected chi connectivity index (χ1v) is 9.81. The van der Waals surface area contributed by atoms with E-state index in [1.54, 1.807) is 6.92 Å². The van der Waals surface area contributed by atoms with Gasteiger partial charge in [-0.1, -0.05) is 12.0 Å². The Morgan fingerprint density at radius 1 is 1.38 bits per heavy atom. The van der Waals surface area contributed by atoms with Gasteiger partial charge in [0.25, 0.3) is 12.4 Å². The average Bonchev–Trinajstić information content (AvgIpc) is 3.54. The molecule has 0 saturated heterocycles. The number of ether oxygens (including phenoxy) is 2. The molecule has 4 rings (SSSR count). The molecule has 166 valence electrons. The van der Waals surface area contributed by atoms with Crippen LogP contribution in [-0.2, 0) is 16.7 Å². The summed E-state index contributed by atoms with van der Waals surface area (Å²) in [5.74, 6) is 3.64. The van der Waals surface area contributed by atoms with E-state index in [2.05, 4.69) is 26.8 Å². The Bertz CT molecular complexity index is 1130. The third kappa shape index (κ3) is 3.98. The number of carbonyl (C=O) groups excluding carboxylic acids is 1. The zero-order valence-electron chi connectivity index (χ0n) is 17.0. The van der Waals surface area contributed by atoms with Gasteiger partial charge in [0, 0.05) is 17.9 Å². The van der Waals surface area contributed by atoms with Gasteiger partial charge in [-0.05, 0) is 31.0 Å². The maximum absolute atomic E-state index is 14.7. The Labute approximate surface area is 181 Å². The van der Waals surface area contributed by atoms with Crippen molar-refractivity contribution in [1.82, 2.24) is 9.97 Å². The van der Waals surface area contributed by atoms with Crippen LogP contribution in [0.4, 0.5) is 13.2 Å². The molecule has 2 aliphatic rings. The van der Waals surface area contributed by atoms with Crippen LogP contribution in [0.3, 0.4) is 0 Å². The van der Waals surface area contributed by atoms with E-state index < -0.39 is 41.6 Å². The van der Waals surface area contributed by atoms with Crippen molar-refractivity contribution in [2.75, 3.05) is 6.61 Å². The summed E-state index contributed by atoms with van der Waals surface area (Å²) in [6, 6.07) is 3.26. The summed E-state index contributed by atoms with van der Waals surface area (Å²) >= 11 is 0. The average molecular weight is 444 g/mol. The van der Waals surface area contributed by atoms with Crippen LogP contribution in [-0.4, -0.2) is 40.9 Å². The number of benzene rings is 1. The number of nitrogens with zero attached hydrogens (tertiary/aromatic N) is 3. The van der Waals surface area contributed by atoms with Gasteiger partial charge < -0.3 is 15.2 Å². The second-order valence-corrected chi connectivity index (χ2v) is 7.44. The van der Waals surface area contributed by atoms with E-state index in [1.807, 2.05) is 0 Å². The number of alkyl halides is 2. The van der Waals surface area contributed by atoms with E-state index in [9.17, 15) is 18.0 Å². The highest BCUT2D eigenvalue weighted by atomic mass is 19.3. The number of aromatic nitrogens is 2. The molecule has 0 bridgehead atoms. The van der Waals surface area contributed by atoms with Crippen molar-refractivity contribution in [3.8, 4) is 17.7 Å². The Hall–Kier alpha value is -3.61. The standard InChI is InChI=1S/C22H19F3N4O3/c1-2-3-6-31-19-11-27-16(10-28-19)17(30)8-12-4-5-15(23)13(7-12)22(20(24)25)14-9-18(14)32-21(26)29-22/h4-5,7,10-11,14,18,20H,6,8-9H2,1H3,(H2,26,29)/t14-,18+,22+/m0/s1. The molecule has 2 aromatic rings. The molecule has 0 unspecified atom stereocenters. The van der Waals surface area contributed by atoms with Crippen LogP contribution in [0.15, 0.2) is 35.6 Å². The summed E-state index contributed by atoms with van der Waals surface area (Å²) in [5, 5.41) is 0. The van der Waals surface area contributed by atoms with Crippen LogP contribution < -0.4 is 10.5 Å². The van der Waals surface area contributed by atoms with E-state index in [-0.39, 0.29) is 30.2 Å². The molecule has 1 saturated carbocycles. The van der Waals surface area contributed by atoms with Crippen molar-refractivity contribution >= 4 is 11.8 Å². The number of fused-ring (bicyclic) bond motifs is 1. The topological polar surface area (TPSA) is 99.7 Å². The van der Waals surface area contributed by atoms with Gasteiger partial charge in [0.1, 0.15) is 17.6 Å². The van der Waals surface area contributed by atoms with E-state index in [1.165, 1.54) is 24.5 Å². The zero-order valence-corrected chi connectivity index (χ0v) is 17.0. The normalized spacial score (nSPS) is 23.3. The minimum atomic E-state index is -3.00. The number of nitrogens with two attached hydrogens (primary N) is 1. The maximum Gasteiger partial charge on any atom is 0.283 e.